The van der Waals surface area contributed by atoms with Crippen molar-refractivity contribution in [2.45, 2.75) is 19.6 Å². The highest BCUT2D eigenvalue weighted by Gasteiger charge is 2.33. The van der Waals surface area contributed by atoms with E-state index in [1.165, 1.54) is 4.68 Å². The average molecular weight is 301 g/mol. The Hall–Kier alpha value is -2.16. The van der Waals surface area contributed by atoms with Gasteiger partial charge in [0.2, 0.25) is 5.95 Å². The number of alkyl halides is 3. The molecule has 0 amide bonds. The highest BCUT2D eigenvalue weighted by Crippen LogP contribution is 2.26. The molecule has 2 aromatic rings. The van der Waals surface area contributed by atoms with Crippen LogP contribution in [0.25, 0.3) is 5.95 Å². The van der Waals surface area contributed by atoms with Gasteiger partial charge in [-0.1, -0.05) is 0 Å². The summed E-state index contributed by atoms with van der Waals surface area (Å²) in [6.45, 7) is 2.20. The van der Waals surface area contributed by atoms with Gasteiger partial charge in [0, 0.05) is 18.3 Å². The summed E-state index contributed by atoms with van der Waals surface area (Å²) < 4.78 is 39.3. The van der Waals surface area contributed by atoms with Gasteiger partial charge in [-0.05, 0) is 27.1 Å². The van der Waals surface area contributed by atoms with E-state index < -0.39 is 17.4 Å². The summed E-state index contributed by atoms with van der Waals surface area (Å²) in [7, 11) is 3.69. The van der Waals surface area contributed by atoms with E-state index in [-0.39, 0.29) is 5.95 Å². The molecule has 0 aliphatic rings. The molecule has 0 aliphatic carbocycles. The molecule has 6 nitrogen and oxygen atoms in total. The van der Waals surface area contributed by atoms with Crippen molar-refractivity contribution in [3.8, 4) is 5.95 Å². The van der Waals surface area contributed by atoms with Crippen LogP contribution in [0.5, 0.6) is 0 Å². The van der Waals surface area contributed by atoms with Crippen LogP contribution in [0.4, 0.5) is 13.2 Å². The Morgan fingerprint density at radius 1 is 1.33 bits per heavy atom. The lowest BCUT2D eigenvalue weighted by atomic mass is 10.3. The molecule has 0 unspecified atom stereocenters. The number of nitrogens with one attached hydrogen (secondary N) is 1. The van der Waals surface area contributed by atoms with Gasteiger partial charge in [0.1, 0.15) is 0 Å². The first-order chi connectivity index (χ1) is 9.66. The molecule has 2 heterocycles. The van der Waals surface area contributed by atoms with Crippen LogP contribution in [0.2, 0.25) is 0 Å². The summed E-state index contributed by atoms with van der Waals surface area (Å²) in [6.07, 6.45) is -4.68. The Kier molecular flexibility index (Phi) is 3.86. The third-order valence-corrected chi connectivity index (χ3v) is 2.64. The number of aromatic nitrogens is 4. The van der Waals surface area contributed by atoms with Crippen molar-refractivity contribution in [2.75, 3.05) is 14.1 Å². The second-order valence-corrected chi connectivity index (χ2v) is 4.88. The number of hydrogen-bond donors (Lipinski definition) is 1. The standard InChI is InChI=1S/C12H14F3N5O/c1-7-4-8(6-19(2)3)18-20(7)11-16-9(12(13,14)15)5-10(21)17-11/h4-5H,6H2,1-3H3,(H,16,17,21). The second-order valence-electron chi connectivity index (χ2n) is 4.88. The van der Waals surface area contributed by atoms with Crippen LogP contribution in [0, 0.1) is 6.92 Å². The molecule has 2 aromatic heterocycles. The molecule has 0 spiro atoms. The van der Waals surface area contributed by atoms with Gasteiger partial charge in [-0.3, -0.25) is 9.78 Å². The van der Waals surface area contributed by atoms with Crippen molar-refractivity contribution >= 4 is 0 Å². The highest BCUT2D eigenvalue weighted by molar-refractivity contribution is 5.21. The van der Waals surface area contributed by atoms with Crippen molar-refractivity contribution in [1.29, 1.82) is 0 Å². The largest absolute Gasteiger partial charge is 0.433 e. The van der Waals surface area contributed by atoms with Crippen LogP contribution in [0.15, 0.2) is 16.9 Å². The van der Waals surface area contributed by atoms with Crippen LogP contribution in [-0.2, 0) is 12.7 Å². The number of H-pyrrole nitrogens is 1. The molecule has 9 heteroatoms. The first-order valence-electron chi connectivity index (χ1n) is 6.06. The number of aromatic amines is 1. The molecule has 0 bridgehead atoms. The van der Waals surface area contributed by atoms with Crippen molar-refractivity contribution in [3.63, 3.8) is 0 Å². The Morgan fingerprint density at radius 2 is 2.00 bits per heavy atom. The van der Waals surface area contributed by atoms with Crippen molar-refractivity contribution < 1.29 is 13.2 Å². The van der Waals surface area contributed by atoms with E-state index in [1.54, 1.807) is 13.0 Å². The number of halogens is 3. The fourth-order valence-corrected chi connectivity index (χ4v) is 1.84. The fourth-order valence-electron chi connectivity index (χ4n) is 1.84. The smallest absolute Gasteiger partial charge is 0.304 e. The van der Waals surface area contributed by atoms with E-state index in [1.807, 2.05) is 19.0 Å². The van der Waals surface area contributed by atoms with E-state index in [9.17, 15) is 18.0 Å². The summed E-state index contributed by atoms with van der Waals surface area (Å²) in [5, 5.41) is 4.16. The van der Waals surface area contributed by atoms with Gasteiger partial charge in [-0.2, -0.15) is 18.3 Å². The molecule has 21 heavy (non-hydrogen) atoms. The van der Waals surface area contributed by atoms with Gasteiger partial charge in [-0.25, -0.2) is 9.67 Å². The predicted molar refractivity (Wildman–Crippen MR) is 69.1 cm³/mol. The van der Waals surface area contributed by atoms with E-state index in [4.69, 9.17) is 0 Å². The van der Waals surface area contributed by atoms with Crippen LogP contribution >= 0.6 is 0 Å². The minimum atomic E-state index is -4.68. The molecular weight excluding hydrogens is 287 g/mol. The van der Waals surface area contributed by atoms with Crippen molar-refractivity contribution in [2.24, 2.45) is 0 Å². The zero-order valence-corrected chi connectivity index (χ0v) is 11.7. The number of hydrogen-bond acceptors (Lipinski definition) is 4. The SMILES string of the molecule is Cc1cc(CN(C)C)nn1-c1nc(C(F)(F)F)cc(=O)[nH]1. The Morgan fingerprint density at radius 3 is 2.57 bits per heavy atom. The molecule has 0 atom stereocenters. The quantitative estimate of drug-likeness (QED) is 0.929. The zero-order valence-electron chi connectivity index (χ0n) is 11.7. The summed E-state index contributed by atoms with van der Waals surface area (Å²) in [4.78, 5) is 18.9. The summed E-state index contributed by atoms with van der Waals surface area (Å²) in [5.41, 5.74) is -0.881. The lowest BCUT2D eigenvalue weighted by Crippen LogP contribution is -2.20. The van der Waals surface area contributed by atoms with Gasteiger partial charge >= 0.3 is 6.18 Å². The number of aryl methyl sites for hydroxylation is 1. The maximum atomic E-state index is 12.7. The Labute approximate surface area is 118 Å². The molecule has 1 N–H and O–H groups in total. The first-order valence-corrected chi connectivity index (χ1v) is 6.06. The minimum absolute atomic E-state index is 0.252. The van der Waals surface area contributed by atoms with Crippen LogP contribution in [-0.4, -0.2) is 38.7 Å². The fraction of sp³-hybridized carbons (Fsp3) is 0.417. The third kappa shape index (κ3) is 3.48. The molecule has 0 aliphatic heterocycles. The predicted octanol–water partition coefficient (Wildman–Crippen LogP) is 1.34. The molecule has 114 valence electrons. The van der Waals surface area contributed by atoms with Gasteiger partial charge in [-0.15, -0.1) is 0 Å². The maximum absolute atomic E-state index is 12.7. The van der Waals surface area contributed by atoms with Crippen molar-refractivity contribution in [3.05, 3.63) is 39.6 Å². The van der Waals surface area contributed by atoms with Crippen LogP contribution < -0.4 is 5.56 Å². The minimum Gasteiger partial charge on any atom is -0.304 e. The zero-order chi connectivity index (χ0) is 15.8. The topological polar surface area (TPSA) is 66.8 Å². The molecule has 0 saturated carbocycles. The van der Waals surface area contributed by atoms with E-state index in [2.05, 4.69) is 15.1 Å². The average Bonchev–Trinajstić information content (AvgIpc) is 2.67. The molecule has 0 radical (unpaired) electrons. The highest BCUT2D eigenvalue weighted by atomic mass is 19.4. The van der Waals surface area contributed by atoms with Crippen LogP contribution in [0.3, 0.4) is 0 Å². The van der Waals surface area contributed by atoms with E-state index in [0.717, 1.165) is 0 Å². The Bertz CT molecular complexity index is 702. The monoisotopic (exact) mass is 301 g/mol. The third-order valence-electron chi connectivity index (χ3n) is 2.64. The van der Waals surface area contributed by atoms with Gasteiger partial charge < -0.3 is 4.90 Å². The maximum Gasteiger partial charge on any atom is 0.433 e. The lowest BCUT2D eigenvalue weighted by Gasteiger charge is -2.08. The summed E-state index contributed by atoms with van der Waals surface area (Å²) in [5.74, 6) is -0.252. The Balaban J connectivity index is 2.49. The molecular formula is C12H14F3N5O. The van der Waals surface area contributed by atoms with Gasteiger partial charge in [0.05, 0.1) is 5.69 Å². The first kappa shape index (κ1) is 15.2. The van der Waals surface area contributed by atoms with Gasteiger partial charge in [0.25, 0.3) is 5.56 Å². The molecule has 0 saturated heterocycles. The van der Waals surface area contributed by atoms with Crippen LogP contribution in [0.1, 0.15) is 17.1 Å². The van der Waals surface area contributed by atoms with E-state index in [0.29, 0.717) is 24.0 Å². The molecule has 2 rings (SSSR count). The number of rotatable bonds is 3. The van der Waals surface area contributed by atoms with Gasteiger partial charge in [0.15, 0.2) is 5.69 Å². The number of nitrogens with zero attached hydrogens (tertiary/aromatic N) is 4. The summed E-state index contributed by atoms with van der Waals surface area (Å²) in [6, 6.07) is 2.14. The van der Waals surface area contributed by atoms with Crippen molar-refractivity contribution in [1.82, 2.24) is 24.6 Å². The lowest BCUT2D eigenvalue weighted by molar-refractivity contribution is -0.141. The molecule has 0 fully saturated rings. The molecule has 0 aromatic carbocycles. The second kappa shape index (κ2) is 5.32. The summed E-state index contributed by atoms with van der Waals surface area (Å²) >= 11 is 0. The normalized spacial score (nSPS) is 12.1. The van der Waals surface area contributed by atoms with E-state index >= 15 is 0 Å².